The van der Waals surface area contributed by atoms with Crippen LogP contribution in [0.3, 0.4) is 0 Å². The largest absolute Gasteiger partial charge is 0.544 e. The molecule has 0 N–H and O–H groups in total. The van der Waals surface area contributed by atoms with Gasteiger partial charge in [0.2, 0.25) is 0 Å². The second-order valence-corrected chi connectivity index (χ2v) is 13.9. The van der Waals surface area contributed by atoms with Gasteiger partial charge in [-0.15, -0.1) is 0 Å². The number of hydrogen-bond donors (Lipinski definition) is 0. The smallest absolute Gasteiger partial charge is 0.169 e. The van der Waals surface area contributed by atoms with Crippen molar-refractivity contribution in [1.82, 2.24) is 4.90 Å². The number of likely N-dealkylation sites (N-methyl/N-ethyl adjacent to an activating group) is 2. The number of aliphatic carboxylic acids is 1. The van der Waals surface area contributed by atoms with Gasteiger partial charge in [-0.3, -0.25) is 4.90 Å². The molecular weight excluding hydrogens is 644 g/mol. The number of rotatable bonds is 5. The van der Waals surface area contributed by atoms with Gasteiger partial charge in [-0.25, -0.2) is 0 Å². The van der Waals surface area contributed by atoms with Crippen molar-refractivity contribution < 1.29 is 38.1 Å². The fraction of sp³-hybridized carbons (Fsp3) is 0.359. The minimum atomic E-state index is -1.08. The van der Waals surface area contributed by atoms with Crippen molar-refractivity contribution >= 4 is 17.6 Å². The number of carboxylic acids is 1. The lowest BCUT2D eigenvalue weighted by atomic mass is 9.86. The predicted octanol–water partition coefficient (Wildman–Crippen LogP) is 6.07. The molecule has 3 unspecified atom stereocenters. The average Bonchev–Trinajstić information content (AvgIpc) is 3.08. The zero-order valence-corrected chi connectivity index (χ0v) is 29.3. The van der Waals surface area contributed by atoms with E-state index in [4.69, 9.17) is 35.3 Å². The van der Waals surface area contributed by atoms with E-state index in [-0.39, 0.29) is 23.1 Å². The number of methoxy groups -OCH3 is 3. The molecule has 6 bridgehead atoms. The topological polar surface area (TPSA) is 89.5 Å². The van der Waals surface area contributed by atoms with Crippen LogP contribution in [0, 0.1) is 0 Å². The summed E-state index contributed by atoms with van der Waals surface area (Å²) in [5.74, 6) is 2.99. The first-order valence-electron chi connectivity index (χ1n) is 16.6. The van der Waals surface area contributed by atoms with Gasteiger partial charge in [0.1, 0.15) is 29.1 Å². The summed E-state index contributed by atoms with van der Waals surface area (Å²) >= 11 is 7.15. The molecule has 0 aliphatic carbocycles. The number of carbonyl (C=O) groups is 1. The van der Waals surface area contributed by atoms with Crippen LogP contribution in [0.25, 0.3) is 0 Å². The molecule has 9 nitrogen and oxygen atoms in total. The summed E-state index contributed by atoms with van der Waals surface area (Å²) in [7, 11) is 8.99. The Kier molecular flexibility index (Phi) is 8.85. The molecule has 10 heteroatoms. The van der Waals surface area contributed by atoms with Crippen LogP contribution in [-0.2, 0) is 30.5 Å². The Morgan fingerprint density at radius 1 is 0.878 bits per heavy atom. The molecule has 8 rings (SSSR count). The Hall–Kier alpha value is -4.44. The second kappa shape index (κ2) is 13.1. The SMILES string of the molecule is COc1ccc2cc1Oc1ccc(cc1)CC1c3cc(c(OC)cc3CC[N+]1(C)CC(=O)[O-])Oc1c(Cl)c(OC)cc3c1C(C2)N(C)CC3. The molecule has 0 saturated carbocycles. The third-order valence-electron chi connectivity index (χ3n) is 10.5. The third kappa shape index (κ3) is 6.16. The lowest BCUT2D eigenvalue weighted by molar-refractivity contribution is -0.936. The van der Waals surface area contributed by atoms with Gasteiger partial charge in [-0.1, -0.05) is 29.8 Å². The maximum atomic E-state index is 12.1. The van der Waals surface area contributed by atoms with E-state index in [1.54, 1.807) is 21.3 Å². The van der Waals surface area contributed by atoms with E-state index >= 15 is 0 Å². The molecule has 4 heterocycles. The van der Waals surface area contributed by atoms with Crippen molar-refractivity contribution in [3.8, 4) is 40.2 Å². The van der Waals surface area contributed by atoms with Crippen LogP contribution in [0.2, 0.25) is 5.02 Å². The van der Waals surface area contributed by atoms with Crippen molar-refractivity contribution in [2.45, 2.75) is 37.8 Å². The van der Waals surface area contributed by atoms with Crippen molar-refractivity contribution in [2.24, 2.45) is 0 Å². The Morgan fingerprint density at radius 2 is 1.57 bits per heavy atom. The Bertz CT molecular complexity index is 1910. The van der Waals surface area contributed by atoms with E-state index < -0.39 is 5.97 Å². The molecule has 0 aromatic heterocycles. The molecule has 4 aromatic carbocycles. The number of benzene rings is 4. The molecular formula is C39H41ClN2O7. The van der Waals surface area contributed by atoms with Gasteiger partial charge in [0.05, 0.1) is 40.9 Å². The van der Waals surface area contributed by atoms with E-state index in [0.717, 1.165) is 46.3 Å². The predicted molar refractivity (Wildman–Crippen MR) is 184 cm³/mol. The van der Waals surface area contributed by atoms with Gasteiger partial charge in [0.15, 0.2) is 28.7 Å². The quantitative estimate of drug-likeness (QED) is 0.234. The Balaban J connectivity index is 1.47. The summed E-state index contributed by atoms with van der Waals surface area (Å²) in [6, 6.07) is 19.8. The number of halogens is 1. The van der Waals surface area contributed by atoms with E-state index in [9.17, 15) is 9.90 Å². The maximum absolute atomic E-state index is 12.1. The number of ether oxygens (including phenoxy) is 5. The highest BCUT2D eigenvalue weighted by Crippen LogP contribution is 2.51. The van der Waals surface area contributed by atoms with E-state index in [1.807, 2.05) is 61.6 Å². The van der Waals surface area contributed by atoms with Gasteiger partial charge in [-0.2, -0.15) is 0 Å². The van der Waals surface area contributed by atoms with Crippen molar-refractivity contribution in [3.63, 3.8) is 0 Å². The van der Waals surface area contributed by atoms with E-state index in [1.165, 1.54) is 0 Å². The summed E-state index contributed by atoms with van der Waals surface area (Å²) in [5, 5.41) is 12.5. The molecule has 0 spiro atoms. The van der Waals surface area contributed by atoms with Gasteiger partial charge in [0.25, 0.3) is 0 Å². The molecule has 0 saturated heterocycles. The Labute approximate surface area is 292 Å². The van der Waals surface area contributed by atoms with E-state index in [2.05, 4.69) is 18.0 Å². The van der Waals surface area contributed by atoms with Crippen LogP contribution in [0.5, 0.6) is 40.2 Å². The third-order valence-corrected chi connectivity index (χ3v) is 10.9. The van der Waals surface area contributed by atoms with Crippen molar-refractivity contribution in [2.75, 3.05) is 55.1 Å². The summed E-state index contributed by atoms with van der Waals surface area (Å²) < 4.78 is 31.0. The van der Waals surface area contributed by atoms with Crippen LogP contribution in [0.4, 0.5) is 0 Å². The molecule has 4 aliphatic heterocycles. The molecule has 0 amide bonds. The van der Waals surface area contributed by atoms with Crippen LogP contribution in [-0.4, -0.2) is 70.4 Å². The zero-order chi connectivity index (χ0) is 34.4. The number of nitrogens with zero attached hydrogens (tertiary/aromatic N) is 2. The first kappa shape index (κ1) is 33.1. The number of carboxylic acid groups (broad SMARTS) is 1. The molecule has 4 aliphatic rings. The monoisotopic (exact) mass is 684 g/mol. The fourth-order valence-corrected chi connectivity index (χ4v) is 8.07. The molecule has 4 aromatic rings. The highest BCUT2D eigenvalue weighted by Gasteiger charge is 2.41. The van der Waals surface area contributed by atoms with Crippen LogP contribution in [0.1, 0.15) is 45.5 Å². The number of hydrogen-bond acceptors (Lipinski definition) is 8. The lowest BCUT2D eigenvalue weighted by Crippen LogP contribution is -2.56. The summed E-state index contributed by atoms with van der Waals surface area (Å²) in [4.78, 5) is 14.5. The molecule has 0 radical (unpaired) electrons. The van der Waals surface area contributed by atoms with Gasteiger partial charge in [0, 0.05) is 36.6 Å². The first-order chi connectivity index (χ1) is 23.6. The molecule has 0 fully saturated rings. The number of carbonyl (C=O) groups excluding carboxylic acids is 1. The zero-order valence-electron chi connectivity index (χ0n) is 28.5. The van der Waals surface area contributed by atoms with Crippen LogP contribution >= 0.6 is 11.6 Å². The highest BCUT2D eigenvalue weighted by molar-refractivity contribution is 6.33. The summed E-state index contributed by atoms with van der Waals surface area (Å²) in [5.41, 5.74) is 6.31. The van der Waals surface area contributed by atoms with E-state index in [0.29, 0.717) is 71.1 Å². The second-order valence-electron chi connectivity index (χ2n) is 13.5. The lowest BCUT2D eigenvalue weighted by Gasteiger charge is -2.46. The maximum Gasteiger partial charge on any atom is 0.169 e. The summed E-state index contributed by atoms with van der Waals surface area (Å²) in [6.07, 6.45) is 2.72. The van der Waals surface area contributed by atoms with Crippen LogP contribution in [0.15, 0.2) is 60.7 Å². The minimum Gasteiger partial charge on any atom is -0.544 e. The fourth-order valence-electron chi connectivity index (χ4n) is 7.80. The normalized spacial score (nSPS) is 21.3. The molecule has 49 heavy (non-hydrogen) atoms. The molecule has 256 valence electrons. The Morgan fingerprint density at radius 3 is 2.29 bits per heavy atom. The number of quaternary nitrogens is 1. The van der Waals surface area contributed by atoms with Gasteiger partial charge < -0.3 is 38.1 Å². The first-order valence-corrected chi connectivity index (χ1v) is 16.9. The van der Waals surface area contributed by atoms with Gasteiger partial charge >= 0.3 is 0 Å². The minimum absolute atomic E-state index is 0.0824. The van der Waals surface area contributed by atoms with Crippen LogP contribution < -0.4 is 28.8 Å². The summed E-state index contributed by atoms with van der Waals surface area (Å²) in [6.45, 7) is 1.36. The number of fused-ring (bicyclic) bond motifs is 2. The highest BCUT2D eigenvalue weighted by atomic mass is 35.5. The van der Waals surface area contributed by atoms with Crippen molar-refractivity contribution in [1.29, 1.82) is 0 Å². The average molecular weight is 685 g/mol. The standard InChI is InChI=1S/C39H41ClN2O7/c1-41-14-12-26-20-35(47-5)38(40)39-37(26)29(41)16-24-8-11-31(45-3)33(18-24)48-27-9-6-23(7-10-27)17-30-28-21-34(49-39)32(46-4)19-25(28)13-15-42(30,2)22-36(43)44/h6-11,18-21,29-30H,12-17,22H2,1-5H3. The molecule has 3 atom stereocenters. The van der Waals surface area contributed by atoms with Gasteiger partial charge in [-0.05, 0) is 84.6 Å². The van der Waals surface area contributed by atoms with Crippen molar-refractivity contribution in [3.05, 3.63) is 99.1 Å².